The summed E-state index contributed by atoms with van der Waals surface area (Å²) in [5.74, 6) is -1.35. The molecule has 3 amide bonds. The van der Waals surface area contributed by atoms with Crippen molar-refractivity contribution in [2.45, 2.75) is 25.8 Å². The number of nitrogens with zero attached hydrogens (tertiary/aromatic N) is 1. The average Bonchev–Trinajstić information content (AvgIpc) is 2.80. The van der Waals surface area contributed by atoms with Crippen molar-refractivity contribution in [3.05, 3.63) is 0 Å². The first-order valence-corrected chi connectivity index (χ1v) is 5.69. The van der Waals surface area contributed by atoms with Gasteiger partial charge in [-0.25, -0.2) is 15.1 Å². The number of amides is 3. The Balaban J connectivity index is 2.25. The number of hydrogen-bond acceptors (Lipinski definition) is 4. The molecule has 1 rings (SSSR count). The first-order valence-electron chi connectivity index (χ1n) is 5.69. The lowest BCUT2D eigenvalue weighted by molar-refractivity contribution is -0.144. The molecule has 3 N–H and O–H groups in total. The number of carboxylic acids is 1. The molecule has 8 heteroatoms. The monoisotopic (exact) mass is 259 g/mol. The van der Waals surface area contributed by atoms with E-state index in [9.17, 15) is 14.4 Å². The molecule has 0 aliphatic carbocycles. The molecule has 0 radical (unpaired) electrons. The third kappa shape index (κ3) is 4.58. The Bertz CT molecular complexity index is 327. The predicted octanol–water partition coefficient (Wildman–Crippen LogP) is -0.687. The number of likely N-dealkylation sites (tertiary alicyclic amines) is 1. The lowest BCUT2D eigenvalue weighted by atomic mass is 10.3. The number of carbonyl (C=O) groups excluding carboxylic acids is 2. The van der Waals surface area contributed by atoms with Crippen molar-refractivity contribution >= 4 is 17.9 Å². The topological polar surface area (TPSA) is 108 Å². The van der Waals surface area contributed by atoms with E-state index in [1.165, 1.54) is 0 Å². The van der Waals surface area contributed by atoms with Gasteiger partial charge in [0.1, 0.15) is 6.04 Å². The maximum absolute atomic E-state index is 11.8. The molecule has 0 aromatic heterocycles. The molecule has 1 heterocycles. The Labute approximate surface area is 104 Å². The van der Waals surface area contributed by atoms with Crippen LogP contribution in [0.4, 0.5) is 4.79 Å². The van der Waals surface area contributed by atoms with Crippen LogP contribution in [-0.4, -0.2) is 53.7 Å². The molecule has 102 valence electrons. The molecule has 0 spiro atoms. The Morgan fingerprint density at radius 1 is 1.33 bits per heavy atom. The van der Waals surface area contributed by atoms with Gasteiger partial charge in [-0.15, -0.1) is 0 Å². The molecule has 0 bridgehead atoms. The van der Waals surface area contributed by atoms with Gasteiger partial charge in [-0.05, 0) is 19.8 Å². The first kappa shape index (κ1) is 14.2. The Morgan fingerprint density at radius 3 is 2.50 bits per heavy atom. The van der Waals surface area contributed by atoms with Crippen LogP contribution in [0.5, 0.6) is 0 Å². The van der Waals surface area contributed by atoms with Crippen molar-refractivity contribution < 1.29 is 24.3 Å². The molecular formula is C10H17N3O5. The summed E-state index contributed by atoms with van der Waals surface area (Å²) in [6.07, 6.45) is 1.96. The van der Waals surface area contributed by atoms with Gasteiger partial charge in [0.05, 0.1) is 0 Å². The van der Waals surface area contributed by atoms with Crippen LogP contribution in [0.3, 0.4) is 0 Å². The maximum Gasteiger partial charge on any atom is 0.339 e. The predicted molar refractivity (Wildman–Crippen MR) is 60.5 cm³/mol. The second kappa shape index (κ2) is 6.80. The van der Waals surface area contributed by atoms with Gasteiger partial charge in [-0.3, -0.25) is 9.63 Å². The van der Waals surface area contributed by atoms with Gasteiger partial charge in [0.25, 0.3) is 0 Å². The van der Waals surface area contributed by atoms with Gasteiger partial charge < -0.3 is 15.3 Å². The van der Waals surface area contributed by atoms with Crippen LogP contribution >= 0.6 is 0 Å². The van der Waals surface area contributed by atoms with Crippen molar-refractivity contribution in [2.75, 3.05) is 19.7 Å². The van der Waals surface area contributed by atoms with E-state index in [2.05, 4.69) is 10.2 Å². The summed E-state index contributed by atoms with van der Waals surface area (Å²) in [5, 5.41) is 10.7. The number of nitrogens with one attached hydrogen (secondary N) is 2. The maximum atomic E-state index is 11.8. The Kier molecular flexibility index (Phi) is 5.37. The van der Waals surface area contributed by atoms with E-state index in [1.54, 1.807) is 11.8 Å². The van der Waals surface area contributed by atoms with E-state index in [0.717, 1.165) is 12.8 Å². The smallest absolute Gasteiger partial charge is 0.339 e. The minimum atomic E-state index is -1.20. The van der Waals surface area contributed by atoms with Crippen molar-refractivity contribution in [1.82, 2.24) is 15.7 Å². The number of carbonyl (C=O) groups is 3. The van der Waals surface area contributed by atoms with Crippen LogP contribution < -0.4 is 10.8 Å². The van der Waals surface area contributed by atoms with Gasteiger partial charge in [0.2, 0.25) is 5.91 Å². The molecule has 1 saturated heterocycles. The number of aliphatic carboxylic acids is 1. The standard InChI is InChI=1S/C10H17N3O5/c1-7(9(16)13-4-2-3-5-13)11-10(17)12-18-6-8(14)15/h7H,2-6H2,1H3,(H,14,15)(H2,11,12,17). The summed E-state index contributed by atoms with van der Waals surface area (Å²) in [4.78, 5) is 39.2. The van der Waals surface area contributed by atoms with Crippen molar-refractivity contribution in [2.24, 2.45) is 0 Å². The van der Waals surface area contributed by atoms with E-state index in [4.69, 9.17) is 5.11 Å². The minimum absolute atomic E-state index is 0.152. The van der Waals surface area contributed by atoms with Crippen molar-refractivity contribution in [3.8, 4) is 0 Å². The zero-order valence-electron chi connectivity index (χ0n) is 10.1. The van der Waals surface area contributed by atoms with E-state index in [-0.39, 0.29) is 5.91 Å². The second-order valence-corrected chi connectivity index (χ2v) is 4.01. The van der Waals surface area contributed by atoms with Crippen LogP contribution in [0.1, 0.15) is 19.8 Å². The Hall–Kier alpha value is -1.83. The third-order valence-corrected chi connectivity index (χ3v) is 2.50. The quantitative estimate of drug-likeness (QED) is 0.566. The van der Waals surface area contributed by atoms with Crippen LogP contribution in [0.15, 0.2) is 0 Å². The molecule has 1 aliphatic rings. The molecule has 0 aromatic carbocycles. The SMILES string of the molecule is CC(NC(=O)NOCC(=O)O)C(=O)N1CCCC1. The van der Waals surface area contributed by atoms with E-state index >= 15 is 0 Å². The summed E-state index contributed by atoms with van der Waals surface area (Å²) in [6, 6.07) is -1.41. The number of urea groups is 1. The van der Waals surface area contributed by atoms with E-state index < -0.39 is 24.6 Å². The summed E-state index contributed by atoms with van der Waals surface area (Å²) in [5.41, 5.74) is 1.89. The third-order valence-electron chi connectivity index (χ3n) is 2.50. The fourth-order valence-electron chi connectivity index (χ4n) is 1.66. The molecule has 1 fully saturated rings. The second-order valence-electron chi connectivity index (χ2n) is 4.01. The summed E-state index contributed by atoms with van der Waals surface area (Å²) >= 11 is 0. The minimum Gasteiger partial charge on any atom is -0.479 e. The highest BCUT2D eigenvalue weighted by Crippen LogP contribution is 2.08. The van der Waals surface area contributed by atoms with Gasteiger partial charge in [-0.1, -0.05) is 0 Å². The zero-order valence-corrected chi connectivity index (χ0v) is 10.1. The molecular weight excluding hydrogens is 242 g/mol. The molecule has 1 aliphatic heterocycles. The van der Waals surface area contributed by atoms with E-state index in [1.807, 2.05) is 5.48 Å². The van der Waals surface area contributed by atoms with Gasteiger partial charge >= 0.3 is 12.0 Å². The molecule has 0 aromatic rings. The lowest BCUT2D eigenvalue weighted by Gasteiger charge is -2.20. The molecule has 1 atom stereocenters. The summed E-state index contributed by atoms with van der Waals surface area (Å²) in [6.45, 7) is 2.35. The summed E-state index contributed by atoms with van der Waals surface area (Å²) < 4.78 is 0. The highest BCUT2D eigenvalue weighted by Gasteiger charge is 2.24. The number of hydroxylamine groups is 1. The van der Waals surface area contributed by atoms with Gasteiger partial charge in [0.15, 0.2) is 6.61 Å². The van der Waals surface area contributed by atoms with Gasteiger partial charge in [-0.2, -0.15) is 0 Å². The highest BCUT2D eigenvalue weighted by molar-refractivity contribution is 5.86. The van der Waals surface area contributed by atoms with Gasteiger partial charge in [0, 0.05) is 13.1 Å². The van der Waals surface area contributed by atoms with E-state index in [0.29, 0.717) is 13.1 Å². The van der Waals surface area contributed by atoms with Crippen LogP contribution in [-0.2, 0) is 14.4 Å². The average molecular weight is 259 g/mol. The van der Waals surface area contributed by atoms with Crippen molar-refractivity contribution in [3.63, 3.8) is 0 Å². The Morgan fingerprint density at radius 2 is 1.94 bits per heavy atom. The van der Waals surface area contributed by atoms with Crippen LogP contribution in [0.2, 0.25) is 0 Å². The molecule has 1 unspecified atom stereocenters. The normalized spacial score (nSPS) is 16.2. The zero-order chi connectivity index (χ0) is 13.5. The van der Waals surface area contributed by atoms with Crippen molar-refractivity contribution in [1.29, 1.82) is 0 Å². The largest absolute Gasteiger partial charge is 0.479 e. The first-order chi connectivity index (χ1) is 8.50. The fourth-order valence-corrected chi connectivity index (χ4v) is 1.66. The van der Waals surface area contributed by atoms with Crippen LogP contribution in [0, 0.1) is 0 Å². The lowest BCUT2D eigenvalue weighted by Crippen LogP contribution is -2.49. The molecule has 8 nitrogen and oxygen atoms in total. The van der Waals surface area contributed by atoms with Crippen LogP contribution in [0.25, 0.3) is 0 Å². The molecule has 18 heavy (non-hydrogen) atoms. The summed E-state index contributed by atoms with van der Waals surface area (Å²) in [7, 11) is 0. The number of rotatable bonds is 5. The number of carboxylic acid groups (broad SMARTS) is 1. The number of hydrogen-bond donors (Lipinski definition) is 3. The highest BCUT2D eigenvalue weighted by atomic mass is 16.7. The molecule has 0 saturated carbocycles. The fraction of sp³-hybridized carbons (Fsp3) is 0.700.